The first kappa shape index (κ1) is 17.6. The van der Waals surface area contributed by atoms with Gasteiger partial charge in [-0.05, 0) is 37.6 Å². The van der Waals surface area contributed by atoms with Crippen molar-refractivity contribution in [3.63, 3.8) is 0 Å². The van der Waals surface area contributed by atoms with Crippen LogP contribution in [0, 0.1) is 6.92 Å². The van der Waals surface area contributed by atoms with Crippen LogP contribution in [0.25, 0.3) is 16.4 Å². The molecule has 0 saturated heterocycles. The highest BCUT2D eigenvalue weighted by Gasteiger charge is 2.19. The Kier molecular flexibility index (Phi) is 4.83. The Morgan fingerprint density at radius 1 is 1.26 bits per heavy atom. The van der Waals surface area contributed by atoms with Gasteiger partial charge in [0.2, 0.25) is 0 Å². The smallest absolute Gasteiger partial charge is 0.260 e. The number of nitrogens with one attached hydrogen (secondary N) is 1. The number of aromatic nitrogens is 4. The maximum Gasteiger partial charge on any atom is 0.260 e. The molecule has 1 N–H and O–H groups in total. The van der Waals surface area contributed by atoms with Gasteiger partial charge in [-0.2, -0.15) is 5.10 Å². The van der Waals surface area contributed by atoms with Crippen LogP contribution in [0.2, 0.25) is 0 Å². The lowest BCUT2D eigenvalue weighted by molar-refractivity contribution is 0.102. The molecule has 136 valence electrons. The molecule has 4 aromatic rings. The van der Waals surface area contributed by atoms with Gasteiger partial charge in [-0.15, -0.1) is 22.7 Å². The van der Waals surface area contributed by atoms with Crippen molar-refractivity contribution in [1.82, 2.24) is 19.7 Å². The topological polar surface area (TPSA) is 72.7 Å². The molecule has 0 fully saturated rings. The van der Waals surface area contributed by atoms with E-state index >= 15 is 0 Å². The highest BCUT2D eigenvalue weighted by atomic mass is 32.1. The molecule has 8 heteroatoms. The van der Waals surface area contributed by atoms with Crippen molar-refractivity contribution in [3.05, 3.63) is 64.2 Å². The summed E-state index contributed by atoms with van der Waals surface area (Å²) in [6, 6.07) is 9.72. The molecule has 0 unspecified atom stereocenters. The highest BCUT2D eigenvalue weighted by molar-refractivity contribution is 7.17. The Morgan fingerprint density at radius 2 is 2.15 bits per heavy atom. The highest BCUT2D eigenvalue weighted by Crippen LogP contribution is 2.30. The zero-order valence-electron chi connectivity index (χ0n) is 14.8. The zero-order chi connectivity index (χ0) is 18.8. The molecule has 0 bridgehead atoms. The van der Waals surface area contributed by atoms with E-state index in [9.17, 15) is 4.79 Å². The predicted molar refractivity (Wildman–Crippen MR) is 109 cm³/mol. The molecule has 0 atom stereocenters. The zero-order valence-corrected chi connectivity index (χ0v) is 16.5. The number of rotatable bonds is 5. The van der Waals surface area contributed by atoms with Gasteiger partial charge in [0.05, 0.1) is 28.0 Å². The molecule has 0 saturated carbocycles. The van der Waals surface area contributed by atoms with E-state index in [4.69, 9.17) is 0 Å². The molecule has 4 heterocycles. The number of anilines is 1. The molecule has 0 radical (unpaired) electrons. The lowest BCUT2D eigenvalue weighted by atomic mass is 10.2. The Bertz CT molecular complexity index is 1080. The van der Waals surface area contributed by atoms with E-state index in [1.165, 1.54) is 16.2 Å². The first-order valence-electron chi connectivity index (χ1n) is 8.47. The van der Waals surface area contributed by atoms with Crippen LogP contribution in [0.4, 0.5) is 5.13 Å². The number of thiophene rings is 1. The molecule has 4 aromatic heterocycles. The monoisotopic (exact) mass is 395 g/mol. The fourth-order valence-electron chi connectivity index (χ4n) is 2.76. The van der Waals surface area contributed by atoms with Crippen LogP contribution in [-0.2, 0) is 6.42 Å². The lowest BCUT2D eigenvalue weighted by Crippen LogP contribution is -2.14. The first-order valence-corrected chi connectivity index (χ1v) is 10.2. The van der Waals surface area contributed by atoms with Crippen molar-refractivity contribution >= 4 is 33.7 Å². The van der Waals surface area contributed by atoms with Gasteiger partial charge in [-0.3, -0.25) is 10.1 Å². The summed E-state index contributed by atoms with van der Waals surface area (Å²) in [6.45, 7) is 4.06. The van der Waals surface area contributed by atoms with E-state index in [2.05, 4.69) is 33.4 Å². The summed E-state index contributed by atoms with van der Waals surface area (Å²) in [5.74, 6) is 0.482. The summed E-state index contributed by atoms with van der Waals surface area (Å²) in [7, 11) is 0. The van der Waals surface area contributed by atoms with Gasteiger partial charge in [0.1, 0.15) is 0 Å². The van der Waals surface area contributed by atoms with Crippen LogP contribution in [0.15, 0.2) is 48.1 Å². The maximum absolute atomic E-state index is 12.8. The first-order chi connectivity index (χ1) is 13.2. The van der Waals surface area contributed by atoms with Crippen molar-refractivity contribution in [2.75, 3.05) is 5.32 Å². The van der Waals surface area contributed by atoms with Crippen molar-refractivity contribution in [1.29, 1.82) is 0 Å². The number of pyridine rings is 1. The molecule has 4 rings (SSSR count). The third-order valence-corrected chi connectivity index (χ3v) is 5.81. The van der Waals surface area contributed by atoms with Crippen molar-refractivity contribution in [2.24, 2.45) is 0 Å². The third kappa shape index (κ3) is 3.54. The summed E-state index contributed by atoms with van der Waals surface area (Å²) in [5, 5.41) is 9.78. The van der Waals surface area contributed by atoms with Gasteiger partial charge < -0.3 is 0 Å². The van der Waals surface area contributed by atoms with Crippen molar-refractivity contribution in [2.45, 2.75) is 20.3 Å². The molecular formula is C19H17N5OS2. The molecule has 27 heavy (non-hydrogen) atoms. The fraction of sp³-hybridized carbons (Fsp3) is 0.158. The summed E-state index contributed by atoms with van der Waals surface area (Å²) in [4.78, 5) is 24.0. The average Bonchev–Trinajstić information content (AvgIpc) is 3.41. The van der Waals surface area contributed by atoms with E-state index < -0.39 is 0 Å². The van der Waals surface area contributed by atoms with Gasteiger partial charge in [0, 0.05) is 16.5 Å². The average molecular weight is 396 g/mol. The standard InChI is InChI=1S/C19H17N5OS2/c1-3-15-13(10-21-24(15)17-6-4-5-9-20-17)18(25)23-19-22-14(11-26-19)16-8-7-12(2)27-16/h4-11H,3H2,1-2H3,(H,22,23,25). The summed E-state index contributed by atoms with van der Waals surface area (Å²) in [6.07, 6.45) is 3.95. The van der Waals surface area contributed by atoms with Crippen LogP contribution in [-0.4, -0.2) is 25.7 Å². The van der Waals surface area contributed by atoms with Gasteiger partial charge in [0.25, 0.3) is 5.91 Å². The number of hydrogen-bond acceptors (Lipinski definition) is 6. The number of amides is 1. The molecule has 0 aromatic carbocycles. The van der Waals surface area contributed by atoms with Crippen LogP contribution in [0.3, 0.4) is 0 Å². The van der Waals surface area contributed by atoms with Crippen LogP contribution >= 0.6 is 22.7 Å². The van der Waals surface area contributed by atoms with Crippen LogP contribution < -0.4 is 5.32 Å². The predicted octanol–water partition coefficient (Wildman–Crippen LogP) is 4.58. The number of carbonyl (C=O) groups excluding carboxylic acids is 1. The number of thiazole rings is 1. The lowest BCUT2D eigenvalue weighted by Gasteiger charge is -2.06. The van der Waals surface area contributed by atoms with E-state index in [1.807, 2.05) is 36.6 Å². The van der Waals surface area contributed by atoms with Gasteiger partial charge >= 0.3 is 0 Å². The summed E-state index contributed by atoms with van der Waals surface area (Å²) >= 11 is 3.10. The van der Waals surface area contributed by atoms with Crippen LogP contribution in [0.1, 0.15) is 27.9 Å². The van der Waals surface area contributed by atoms with Crippen LogP contribution in [0.5, 0.6) is 0 Å². The fourth-order valence-corrected chi connectivity index (χ4v) is 4.37. The minimum absolute atomic E-state index is 0.211. The van der Waals surface area contributed by atoms with E-state index in [-0.39, 0.29) is 5.91 Å². The number of nitrogens with zero attached hydrogens (tertiary/aromatic N) is 4. The molecule has 1 amide bonds. The normalized spacial score (nSPS) is 10.9. The Hall–Kier alpha value is -2.84. The quantitative estimate of drug-likeness (QED) is 0.537. The molecule has 0 aliphatic rings. The van der Waals surface area contributed by atoms with Crippen molar-refractivity contribution in [3.8, 4) is 16.4 Å². The molecule has 0 aliphatic carbocycles. The minimum atomic E-state index is -0.211. The van der Waals surface area contributed by atoms with E-state index in [1.54, 1.807) is 28.4 Å². The number of carbonyl (C=O) groups is 1. The Morgan fingerprint density at radius 3 is 2.85 bits per heavy atom. The van der Waals surface area contributed by atoms with Gasteiger partial charge in [-0.1, -0.05) is 13.0 Å². The summed E-state index contributed by atoms with van der Waals surface area (Å²) in [5.41, 5.74) is 2.23. The SMILES string of the molecule is CCc1c(C(=O)Nc2nc(-c3ccc(C)s3)cs2)cnn1-c1ccccn1. The molecule has 6 nitrogen and oxygen atoms in total. The largest absolute Gasteiger partial charge is 0.298 e. The Balaban J connectivity index is 1.57. The molecular weight excluding hydrogens is 378 g/mol. The second-order valence-corrected chi connectivity index (χ2v) is 8.01. The molecule has 0 aliphatic heterocycles. The Labute approximate surface area is 164 Å². The minimum Gasteiger partial charge on any atom is -0.298 e. The van der Waals surface area contributed by atoms with Gasteiger partial charge in [0.15, 0.2) is 10.9 Å². The second kappa shape index (κ2) is 7.42. The summed E-state index contributed by atoms with van der Waals surface area (Å²) < 4.78 is 1.70. The maximum atomic E-state index is 12.8. The second-order valence-electron chi connectivity index (χ2n) is 5.86. The van der Waals surface area contributed by atoms with Crippen molar-refractivity contribution < 1.29 is 4.79 Å². The number of hydrogen-bond donors (Lipinski definition) is 1. The van der Waals surface area contributed by atoms with E-state index in [0.717, 1.165) is 16.3 Å². The molecule has 0 spiro atoms. The van der Waals surface area contributed by atoms with Gasteiger partial charge in [-0.25, -0.2) is 14.6 Å². The third-order valence-electron chi connectivity index (χ3n) is 4.03. The van der Waals surface area contributed by atoms with E-state index in [0.29, 0.717) is 22.9 Å². The number of aryl methyl sites for hydroxylation is 1.